The number of benzene rings is 1. The van der Waals surface area contributed by atoms with E-state index in [2.05, 4.69) is 6.58 Å². The number of carbonyl (C=O) groups excluding carboxylic acids is 1. The van der Waals surface area contributed by atoms with Crippen molar-refractivity contribution in [2.24, 2.45) is 0 Å². The Morgan fingerprint density at radius 2 is 1.72 bits per heavy atom. The first-order valence-corrected chi connectivity index (χ1v) is 8.14. The summed E-state index contributed by atoms with van der Waals surface area (Å²) in [4.78, 5) is 22.9. The Bertz CT molecular complexity index is 620. The van der Waals surface area contributed by atoms with E-state index in [4.69, 9.17) is 49.4 Å². The van der Waals surface area contributed by atoms with Gasteiger partial charge in [-0.3, -0.25) is 0 Å². The number of halogens is 3. The van der Waals surface area contributed by atoms with Gasteiger partial charge in [0.05, 0.1) is 15.1 Å². The van der Waals surface area contributed by atoms with E-state index < -0.39 is 12.6 Å². The summed E-state index contributed by atoms with van der Waals surface area (Å²) in [5, 5.41) is 9.14. The quantitative estimate of drug-likeness (QED) is 0.417. The molecule has 0 fully saturated rings. The van der Waals surface area contributed by atoms with Crippen molar-refractivity contribution in [2.45, 2.75) is 6.92 Å². The Balaban J connectivity index is 0.000000477. The molecule has 1 N–H and O–H groups in total. The first kappa shape index (κ1) is 23.5. The monoisotopic (exact) mass is 411 g/mol. The van der Waals surface area contributed by atoms with Gasteiger partial charge in [-0.2, -0.15) is 0 Å². The first-order valence-electron chi connectivity index (χ1n) is 7.01. The highest BCUT2D eigenvalue weighted by Crippen LogP contribution is 2.33. The molecule has 0 spiro atoms. The summed E-state index contributed by atoms with van der Waals surface area (Å²) in [6.07, 6.45) is 0. The lowest BCUT2D eigenvalue weighted by atomic mass is 10.3. The van der Waals surface area contributed by atoms with Gasteiger partial charge in [-0.15, -0.1) is 0 Å². The lowest BCUT2D eigenvalue weighted by molar-refractivity contribution is -0.140. The SMILES string of the molecule is C=C(C)C(=O)OCCN(C)C.O=C(O)COc1cc(Cl)c(Cl)cc1Cl. The van der Waals surface area contributed by atoms with Crippen LogP contribution in [0, 0.1) is 0 Å². The average Bonchev–Trinajstić information content (AvgIpc) is 2.49. The molecular weight excluding hydrogens is 393 g/mol. The largest absolute Gasteiger partial charge is 0.480 e. The van der Waals surface area contributed by atoms with Crippen LogP contribution in [0.15, 0.2) is 24.3 Å². The zero-order valence-electron chi connectivity index (χ0n) is 14.1. The first-order chi connectivity index (χ1) is 11.5. The molecule has 25 heavy (non-hydrogen) atoms. The van der Waals surface area contributed by atoms with Crippen LogP contribution >= 0.6 is 34.8 Å². The fourth-order valence-corrected chi connectivity index (χ4v) is 1.79. The highest BCUT2D eigenvalue weighted by molar-refractivity contribution is 6.43. The summed E-state index contributed by atoms with van der Waals surface area (Å²) in [6, 6.07) is 2.76. The van der Waals surface area contributed by atoms with E-state index in [1.54, 1.807) is 6.92 Å². The van der Waals surface area contributed by atoms with Crippen LogP contribution in [0.2, 0.25) is 15.1 Å². The fraction of sp³-hybridized carbons (Fsp3) is 0.375. The van der Waals surface area contributed by atoms with Crippen molar-refractivity contribution in [3.63, 3.8) is 0 Å². The molecule has 0 saturated carbocycles. The number of aliphatic carboxylic acids is 1. The van der Waals surface area contributed by atoms with E-state index in [1.165, 1.54) is 12.1 Å². The van der Waals surface area contributed by atoms with E-state index in [9.17, 15) is 9.59 Å². The Kier molecular flexibility index (Phi) is 11.3. The van der Waals surface area contributed by atoms with Gasteiger partial charge in [-0.25, -0.2) is 9.59 Å². The predicted octanol–water partition coefficient (Wildman–Crippen LogP) is 3.78. The maximum absolute atomic E-state index is 10.8. The van der Waals surface area contributed by atoms with Crippen molar-refractivity contribution in [1.82, 2.24) is 4.90 Å². The van der Waals surface area contributed by atoms with Crippen molar-refractivity contribution in [1.29, 1.82) is 0 Å². The van der Waals surface area contributed by atoms with Crippen molar-refractivity contribution in [3.05, 3.63) is 39.4 Å². The van der Waals surface area contributed by atoms with Crippen LogP contribution in [-0.2, 0) is 14.3 Å². The molecule has 0 radical (unpaired) electrons. The second-order valence-corrected chi connectivity index (χ2v) is 6.32. The molecule has 0 atom stereocenters. The third-order valence-corrected chi connectivity index (χ3v) is 3.46. The Morgan fingerprint density at radius 3 is 2.20 bits per heavy atom. The number of esters is 1. The van der Waals surface area contributed by atoms with Crippen molar-refractivity contribution in [3.8, 4) is 5.75 Å². The predicted molar refractivity (Wildman–Crippen MR) is 98.9 cm³/mol. The minimum Gasteiger partial charge on any atom is -0.480 e. The number of likely N-dealkylation sites (N-methyl/N-ethyl adjacent to an activating group) is 1. The molecule has 0 aliphatic carbocycles. The van der Waals surface area contributed by atoms with Crippen LogP contribution in [0.3, 0.4) is 0 Å². The molecule has 140 valence electrons. The van der Waals surface area contributed by atoms with Gasteiger partial charge in [0.2, 0.25) is 0 Å². The number of ether oxygens (including phenoxy) is 2. The normalized spacial score (nSPS) is 9.88. The molecule has 1 rings (SSSR count). The van der Waals surface area contributed by atoms with Crippen LogP contribution in [-0.4, -0.2) is 55.8 Å². The molecule has 0 aromatic heterocycles. The lowest BCUT2D eigenvalue weighted by Crippen LogP contribution is -2.20. The summed E-state index contributed by atoms with van der Waals surface area (Å²) in [6.45, 7) is 5.81. The molecule has 0 amide bonds. The van der Waals surface area contributed by atoms with Crippen LogP contribution < -0.4 is 4.74 Å². The molecule has 0 aliphatic heterocycles. The van der Waals surface area contributed by atoms with E-state index in [0.29, 0.717) is 17.2 Å². The maximum Gasteiger partial charge on any atom is 0.341 e. The summed E-state index contributed by atoms with van der Waals surface area (Å²) >= 11 is 17.1. The number of carboxylic acids is 1. The van der Waals surface area contributed by atoms with Gasteiger partial charge in [0.1, 0.15) is 12.4 Å². The second-order valence-electron chi connectivity index (χ2n) is 5.10. The Labute approximate surface area is 161 Å². The summed E-state index contributed by atoms with van der Waals surface area (Å²) in [5.74, 6) is -1.21. The summed E-state index contributed by atoms with van der Waals surface area (Å²) in [7, 11) is 3.85. The number of carboxylic acid groups (broad SMARTS) is 1. The fourth-order valence-electron chi connectivity index (χ4n) is 1.20. The molecule has 0 aliphatic rings. The number of nitrogens with zero attached hydrogens (tertiary/aromatic N) is 1. The maximum atomic E-state index is 10.8. The molecule has 0 heterocycles. The molecule has 1 aromatic carbocycles. The van der Waals surface area contributed by atoms with Gasteiger partial charge < -0.3 is 19.5 Å². The van der Waals surface area contributed by atoms with Crippen molar-refractivity contribution in [2.75, 3.05) is 33.9 Å². The third-order valence-electron chi connectivity index (χ3n) is 2.45. The Hall–Kier alpha value is -1.47. The van der Waals surface area contributed by atoms with E-state index >= 15 is 0 Å². The second kappa shape index (κ2) is 12.0. The zero-order chi connectivity index (χ0) is 19.6. The van der Waals surface area contributed by atoms with Gasteiger partial charge in [0.25, 0.3) is 0 Å². The highest BCUT2D eigenvalue weighted by Gasteiger charge is 2.08. The lowest BCUT2D eigenvalue weighted by Gasteiger charge is -2.09. The third kappa shape index (κ3) is 10.9. The van der Waals surface area contributed by atoms with Gasteiger partial charge in [0, 0.05) is 18.2 Å². The minimum atomic E-state index is -1.09. The highest BCUT2D eigenvalue weighted by atomic mass is 35.5. The molecule has 0 unspecified atom stereocenters. The van der Waals surface area contributed by atoms with Crippen LogP contribution in [0.5, 0.6) is 5.75 Å². The molecule has 0 saturated heterocycles. The van der Waals surface area contributed by atoms with E-state index in [-0.39, 0.29) is 21.8 Å². The Morgan fingerprint density at radius 1 is 1.16 bits per heavy atom. The number of hydrogen-bond acceptors (Lipinski definition) is 5. The minimum absolute atomic E-state index is 0.198. The van der Waals surface area contributed by atoms with Gasteiger partial charge >= 0.3 is 11.9 Å². The number of hydrogen-bond donors (Lipinski definition) is 1. The molecular formula is C16H20Cl3NO5. The molecule has 1 aromatic rings. The van der Waals surface area contributed by atoms with Crippen molar-refractivity contribution < 1.29 is 24.2 Å². The average molecular weight is 413 g/mol. The van der Waals surface area contributed by atoms with Gasteiger partial charge in [-0.05, 0) is 27.1 Å². The standard InChI is InChI=1S/C8H5Cl3O3.C8H15NO2/c9-4-1-6(11)7(2-5(4)10)14-3-8(12)13;1-7(2)8(10)11-6-5-9(3)4/h1-2H,3H2,(H,12,13);1,5-6H2,2-4H3. The smallest absolute Gasteiger partial charge is 0.341 e. The summed E-state index contributed by atoms with van der Waals surface area (Å²) < 4.78 is 9.69. The van der Waals surface area contributed by atoms with Gasteiger partial charge in [0.15, 0.2) is 6.61 Å². The van der Waals surface area contributed by atoms with Crippen LogP contribution in [0.25, 0.3) is 0 Å². The molecule has 0 bridgehead atoms. The van der Waals surface area contributed by atoms with E-state index in [0.717, 1.165) is 6.54 Å². The van der Waals surface area contributed by atoms with E-state index in [1.807, 2.05) is 19.0 Å². The van der Waals surface area contributed by atoms with Crippen molar-refractivity contribution >= 4 is 46.7 Å². The molecule has 6 nitrogen and oxygen atoms in total. The zero-order valence-corrected chi connectivity index (χ0v) is 16.4. The van der Waals surface area contributed by atoms with Gasteiger partial charge in [-0.1, -0.05) is 41.4 Å². The molecule has 9 heteroatoms. The van der Waals surface area contributed by atoms with Crippen LogP contribution in [0.1, 0.15) is 6.92 Å². The van der Waals surface area contributed by atoms with Crippen LogP contribution in [0.4, 0.5) is 0 Å². The summed E-state index contributed by atoms with van der Waals surface area (Å²) in [5.41, 5.74) is 0.448. The topological polar surface area (TPSA) is 76.1 Å². The number of rotatable bonds is 7. The number of carbonyl (C=O) groups is 2.